The van der Waals surface area contributed by atoms with Gasteiger partial charge in [0.1, 0.15) is 0 Å². The summed E-state index contributed by atoms with van der Waals surface area (Å²) >= 11 is 0. The van der Waals surface area contributed by atoms with Crippen LogP contribution in [-0.2, 0) is 9.53 Å². The SMILES string of the molecule is CNC(=O)c1cccc([C@@H]2CN(CC(=O)Nc3ccc(N4CCOCC4)cc3)CCN2C)c1. The van der Waals surface area contributed by atoms with Crippen LogP contribution in [0.3, 0.4) is 0 Å². The van der Waals surface area contributed by atoms with Gasteiger partial charge in [0.25, 0.3) is 5.91 Å². The summed E-state index contributed by atoms with van der Waals surface area (Å²) in [6, 6.07) is 15.9. The van der Waals surface area contributed by atoms with Gasteiger partial charge in [-0.1, -0.05) is 12.1 Å². The first kappa shape index (κ1) is 23.2. The van der Waals surface area contributed by atoms with Crippen molar-refractivity contribution >= 4 is 23.2 Å². The Kier molecular flexibility index (Phi) is 7.59. The number of nitrogens with zero attached hydrogens (tertiary/aromatic N) is 3. The Morgan fingerprint density at radius 1 is 1.03 bits per heavy atom. The van der Waals surface area contributed by atoms with E-state index in [0.717, 1.165) is 62.9 Å². The zero-order valence-corrected chi connectivity index (χ0v) is 19.4. The fourth-order valence-corrected chi connectivity index (χ4v) is 4.45. The number of amides is 2. The maximum Gasteiger partial charge on any atom is 0.251 e. The van der Waals surface area contributed by atoms with E-state index in [-0.39, 0.29) is 17.9 Å². The number of hydrogen-bond donors (Lipinski definition) is 2. The summed E-state index contributed by atoms with van der Waals surface area (Å²) in [4.78, 5) is 31.5. The number of nitrogens with one attached hydrogen (secondary N) is 2. The molecule has 2 saturated heterocycles. The molecule has 0 radical (unpaired) electrons. The van der Waals surface area contributed by atoms with E-state index in [1.807, 2.05) is 48.5 Å². The quantitative estimate of drug-likeness (QED) is 0.698. The summed E-state index contributed by atoms with van der Waals surface area (Å²) in [5.41, 5.74) is 3.69. The lowest BCUT2D eigenvalue weighted by Crippen LogP contribution is -2.48. The Labute approximate surface area is 195 Å². The molecule has 0 spiro atoms. The van der Waals surface area contributed by atoms with Crippen LogP contribution in [0.1, 0.15) is 22.0 Å². The lowest BCUT2D eigenvalue weighted by atomic mass is 10.00. The molecule has 2 aromatic carbocycles. The maximum absolute atomic E-state index is 12.7. The largest absolute Gasteiger partial charge is 0.378 e. The smallest absolute Gasteiger partial charge is 0.251 e. The first-order valence-corrected chi connectivity index (χ1v) is 11.5. The second-order valence-corrected chi connectivity index (χ2v) is 8.63. The van der Waals surface area contributed by atoms with Gasteiger partial charge in [-0.25, -0.2) is 0 Å². The predicted octanol–water partition coefficient (Wildman–Crippen LogP) is 1.81. The van der Waals surface area contributed by atoms with E-state index in [0.29, 0.717) is 12.1 Å². The third-order valence-electron chi connectivity index (χ3n) is 6.39. The first-order valence-electron chi connectivity index (χ1n) is 11.5. The summed E-state index contributed by atoms with van der Waals surface area (Å²) in [5, 5.41) is 5.71. The van der Waals surface area contributed by atoms with E-state index in [1.54, 1.807) is 7.05 Å². The summed E-state index contributed by atoms with van der Waals surface area (Å²) in [5.74, 6) is -0.109. The van der Waals surface area contributed by atoms with Crippen LogP contribution < -0.4 is 15.5 Å². The topological polar surface area (TPSA) is 77.2 Å². The van der Waals surface area contributed by atoms with Gasteiger partial charge in [0, 0.05) is 62.8 Å². The van der Waals surface area contributed by atoms with Crippen molar-refractivity contribution in [1.29, 1.82) is 0 Å². The van der Waals surface area contributed by atoms with Gasteiger partial charge in [-0.2, -0.15) is 0 Å². The first-order chi connectivity index (χ1) is 16.0. The highest BCUT2D eigenvalue weighted by molar-refractivity contribution is 5.94. The predicted molar refractivity (Wildman–Crippen MR) is 130 cm³/mol. The van der Waals surface area contributed by atoms with E-state index < -0.39 is 0 Å². The van der Waals surface area contributed by atoms with Gasteiger partial charge in [-0.15, -0.1) is 0 Å². The average molecular weight is 452 g/mol. The lowest BCUT2D eigenvalue weighted by Gasteiger charge is -2.39. The van der Waals surface area contributed by atoms with Gasteiger partial charge in [0.15, 0.2) is 0 Å². The van der Waals surface area contributed by atoms with Crippen LogP contribution in [0, 0.1) is 0 Å². The van der Waals surface area contributed by atoms with Crippen molar-refractivity contribution in [3.63, 3.8) is 0 Å². The number of anilines is 2. The zero-order valence-electron chi connectivity index (χ0n) is 19.4. The van der Waals surface area contributed by atoms with Crippen molar-refractivity contribution < 1.29 is 14.3 Å². The molecule has 2 fully saturated rings. The van der Waals surface area contributed by atoms with Crippen molar-refractivity contribution in [1.82, 2.24) is 15.1 Å². The highest BCUT2D eigenvalue weighted by atomic mass is 16.5. The minimum absolute atomic E-state index is 0.0171. The number of piperazine rings is 1. The normalized spacial score (nSPS) is 19.8. The molecule has 0 bridgehead atoms. The van der Waals surface area contributed by atoms with E-state index in [2.05, 4.69) is 32.4 Å². The second-order valence-electron chi connectivity index (χ2n) is 8.63. The van der Waals surface area contributed by atoms with E-state index in [1.165, 1.54) is 0 Å². The maximum atomic E-state index is 12.7. The molecular weight excluding hydrogens is 418 g/mol. The molecule has 8 nitrogen and oxygen atoms in total. The standard InChI is InChI=1S/C25H33N5O3/c1-26-25(32)20-5-3-4-19(16-20)23-17-29(11-10-28(23)2)18-24(31)27-21-6-8-22(9-7-21)30-12-14-33-15-13-30/h3-9,16,23H,10-15,17-18H2,1-2H3,(H,26,32)(H,27,31)/t23-/m0/s1. The van der Waals surface area contributed by atoms with Crippen LogP contribution in [0.25, 0.3) is 0 Å². The molecular formula is C25H33N5O3. The molecule has 2 aliphatic rings. The molecule has 33 heavy (non-hydrogen) atoms. The van der Waals surface area contributed by atoms with Gasteiger partial charge < -0.3 is 20.3 Å². The fourth-order valence-electron chi connectivity index (χ4n) is 4.45. The van der Waals surface area contributed by atoms with Crippen molar-refractivity contribution in [2.24, 2.45) is 0 Å². The Morgan fingerprint density at radius 3 is 2.52 bits per heavy atom. The number of rotatable bonds is 6. The molecule has 0 aromatic heterocycles. The van der Waals surface area contributed by atoms with Crippen LogP contribution in [0.4, 0.5) is 11.4 Å². The molecule has 2 aromatic rings. The van der Waals surface area contributed by atoms with Gasteiger partial charge in [-0.05, 0) is 49.0 Å². The average Bonchev–Trinajstić information content (AvgIpc) is 2.85. The number of hydrogen-bond acceptors (Lipinski definition) is 6. The number of ether oxygens (including phenoxy) is 1. The van der Waals surface area contributed by atoms with E-state index in [9.17, 15) is 9.59 Å². The Hall–Kier alpha value is -2.94. The molecule has 0 saturated carbocycles. The number of carbonyl (C=O) groups excluding carboxylic acids is 2. The number of morpholine rings is 1. The molecule has 0 aliphatic carbocycles. The van der Waals surface area contributed by atoms with Gasteiger partial charge in [0.2, 0.25) is 5.91 Å². The molecule has 2 N–H and O–H groups in total. The third kappa shape index (κ3) is 5.90. The van der Waals surface area contributed by atoms with Crippen LogP contribution in [0.2, 0.25) is 0 Å². The number of carbonyl (C=O) groups is 2. The summed E-state index contributed by atoms with van der Waals surface area (Å²) < 4.78 is 5.41. The number of benzene rings is 2. The Balaban J connectivity index is 1.34. The second kappa shape index (κ2) is 10.8. The molecule has 1 atom stereocenters. The monoisotopic (exact) mass is 451 g/mol. The fraction of sp³-hybridized carbons (Fsp3) is 0.440. The summed E-state index contributed by atoms with van der Waals surface area (Å²) in [7, 11) is 3.73. The zero-order chi connectivity index (χ0) is 23.2. The Morgan fingerprint density at radius 2 is 1.79 bits per heavy atom. The van der Waals surface area contributed by atoms with E-state index in [4.69, 9.17) is 4.74 Å². The van der Waals surface area contributed by atoms with Crippen LogP contribution in [0.5, 0.6) is 0 Å². The number of likely N-dealkylation sites (N-methyl/N-ethyl adjacent to an activating group) is 1. The van der Waals surface area contributed by atoms with Gasteiger partial charge >= 0.3 is 0 Å². The van der Waals surface area contributed by atoms with Crippen molar-refractivity contribution in [2.75, 3.05) is 76.8 Å². The molecule has 8 heteroatoms. The molecule has 176 valence electrons. The molecule has 2 heterocycles. The highest BCUT2D eigenvalue weighted by Crippen LogP contribution is 2.25. The van der Waals surface area contributed by atoms with Crippen LogP contribution in [0.15, 0.2) is 48.5 Å². The molecule has 4 rings (SSSR count). The Bertz CT molecular complexity index is 959. The van der Waals surface area contributed by atoms with Gasteiger partial charge in [0.05, 0.1) is 19.8 Å². The minimum atomic E-state index is -0.0915. The molecule has 2 aliphatic heterocycles. The highest BCUT2D eigenvalue weighted by Gasteiger charge is 2.27. The molecule has 2 amide bonds. The summed E-state index contributed by atoms with van der Waals surface area (Å²) in [6.45, 7) is 6.04. The third-order valence-corrected chi connectivity index (χ3v) is 6.39. The van der Waals surface area contributed by atoms with Crippen LogP contribution >= 0.6 is 0 Å². The minimum Gasteiger partial charge on any atom is -0.378 e. The summed E-state index contributed by atoms with van der Waals surface area (Å²) in [6.07, 6.45) is 0. The lowest BCUT2D eigenvalue weighted by molar-refractivity contribution is -0.118. The van der Waals surface area contributed by atoms with Crippen molar-refractivity contribution in [3.8, 4) is 0 Å². The van der Waals surface area contributed by atoms with Gasteiger partial charge in [-0.3, -0.25) is 19.4 Å². The van der Waals surface area contributed by atoms with Crippen molar-refractivity contribution in [3.05, 3.63) is 59.7 Å². The van der Waals surface area contributed by atoms with Crippen LogP contribution in [-0.4, -0.2) is 88.2 Å². The van der Waals surface area contributed by atoms with E-state index >= 15 is 0 Å². The van der Waals surface area contributed by atoms with Crippen molar-refractivity contribution in [2.45, 2.75) is 6.04 Å². The molecule has 0 unspecified atom stereocenters.